The van der Waals surface area contributed by atoms with Crippen molar-refractivity contribution in [2.45, 2.75) is 57.0 Å². The van der Waals surface area contributed by atoms with E-state index < -0.39 is 15.8 Å². The van der Waals surface area contributed by atoms with E-state index in [1.807, 2.05) is 6.92 Å². The van der Waals surface area contributed by atoms with Gasteiger partial charge in [-0.05, 0) is 63.9 Å². The minimum Gasteiger partial charge on any atom is -0.297 e. The molecule has 0 unspecified atom stereocenters. The summed E-state index contributed by atoms with van der Waals surface area (Å²) in [5.74, 6) is -0.424. The minimum atomic E-state index is -3.60. The van der Waals surface area contributed by atoms with Crippen molar-refractivity contribution in [2.75, 3.05) is 13.1 Å². The molecule has 2 rings (SSSR count). The molecule has 0 amide bonds. The number of nitrogens with one attached hydrogen (secondary N) is 1. The molecule has 2 atom stereocenters. The van der Waals surface area contributed by atoms with Crippen molar-refractivity contribution in [1.29, 1.82) is 0 Å². The van der Waals surface area contributed by atoms with E-state index in [4.69, 9.17) is 0 Å². The normalized spacial score (nSPS) is 21.7. The Morgan fingerprint density at radius 2 is 2.14 bits per heavy atom. The second kappa shape index (κ2) is 7.06. The second-order valence-corrected chi connectivity index (χ2v) is 7.93. The third-order valence-electron chi connectivity index (χ3n) is 4.42. The first kappa shape index (κ1) is 17.4. The molecular formula is C16H25FN2O2S. The first-order valence-corrected chi connectivity index (χ1v) is 9.31. The van der Waals surface area contributed by atoms with Gasteiger partial charge in [0, 0.05) is 18.6 Å². The van der Waals surface area contributed by atoms with Gasteiger partial charge in [-0.3, -0.25) is 4.90 Å². The van der Waals surface area contributed by atoms with Crippen molar-refractivity contribution >= 4 is 10.0 Å². The zero-order chi connectivity index (χ0) is 16.3. The first-order valence-electron chi connectivity index (χ1n) is 7.83. The standard InChI is InChI=1S/C16H25FN2O2S/c1-12-10-15(17)7-8-16(12)22(20,21)18-11-14(3)19-9-5-4-6-13(19)2/h7-8,10,13-14,18H,4-6,9,11H2,1-3H3/t13-,14-/m0/s1. The molecule has 1 aromatic carbocycles. The van der Waals surface area contributed by atoms with Gasteiger partial charge in [-0.15, -0.1) is 0 Å². The van der Waals surface area contributed by atoms with Gasteiger partial charge in [-0.2, -0.15) is 0 Å². The van der Waals surface area contributed by atoms with E-state index in [9.17, 15) is 12.8 Å². The Morgan fingerprint density at radius 1 is 1.41 bits per heavy atom. The summed E-state index contributed by atoms with van der Waals surface area (Å²) < 4.78 is 40.5. The summed E-state index contributed by atoms with van der Waals surface area (Å²) in [5.41, 5.74) is 0.423. The number of hydrogen-bond acceptors (Lipinski definition) is 3. The number of nitrogens with zero attached hydrogens (tertiary/aromatic N) is 1. The summed E-state index contributed by atoms with van der Waals surface area (Å²) >= 11 is 0. The predicted octanol–water partition coefficient (Wildman–Crippen LogP) is 2.68. The third kappa shape index (κ3) is 4.06. The van der Waals surface area contributed by atoms with Crippen LogP contribution in [0.3, 0.4) is 0 Å². The molecule has 0 radical (unpaired) electrons. The molecule has 1 N–H and O–H groups in total. The molecule has 1 aromatic rings. The van der Waals surface area contributed by atoms with Crippen LogP contribution in [0.25, 0.3) is 0 Å². The number of aryl methyl sites for hydroxylation is 1. The molecule has 6 heteroatoms. The fraction of sp³-hybridized carbons (Fsp3) is 0.625. The van der Waals surface area contributed by atoms with E-state index in [0.717, 1.165) is 13.0 Å². The summed E-state index contributed by atoms with van der Waals surface area (Å²) in [5, 5.41) is 0. The van der Waals surface area contributed by atoms with E-state index in [0.29, 0.717) is 18.2 Å². The van der Waals surface area contributed by atoms with Crippen LogP contribution < -0.4 is 4.72 Å². The maximum Gasteiger partial charge on any atom is 0.240 e. The minimum absolute atomic E-state index is 0.144. The van der Waals surface area contributed by atoms with Crippen LogP contribution in [0.4, 0.5) is 4.39 Å². The molecule has 0 spiro atoms. The summed E-state index contributed by atoms with van der Waals surface area (Å²) in [6.07, 6.45) is 3.57. The van der Waals surface area contributed by atoms with Crippen molar-refractivity contribution in [1.82, 2.24) is 9.62 Å². The molecule has 1 saturated heterocycles. The Hall–Kier alpha value is -0.980. The van der Waals surface area contributed by atoms with Crippen molar-refractivity contribution < 1.29 is 12.8 Å². The lowest BCUT2D eigenvalue weighted by molar-refractivity contribution is 0.116. The van der Waals surface area contributed by atoms with Crippen molar-refractivity contribution in [3.05, 3.63) is 29.6 Å². The molecule has 22 heavy (non-hydrogen) atoms. The van der Waals surface area contributed by atoms with Crippen molar-refractivity contribution in [3.63, 3.8) is 0 Å². The fourth-order valence-electron chi connectivity index (χ4n) is 3.11. The molecule has 1 aliphatic rings. The summed E-state index contributed by atoms with van der Waals surface area (Å²) in [4.78, 5) is 2.50. The van der Waals surface area contributed by atoms with Gasteiger partial charge in [0.2, 0.25) is 10.0 Å². The second-order valence-electron chi connectivity index (χ2n) is 6.19. The number of halogens is 1. The van der Waals surface area contributed by atoms with Crippen molar-refractivity contribution in [2.24, 2.45) is 0 Å². The maximum atomic E-state index is 13.1. The number of benzene rings is 1. The third-order valence-corrected chi connectivity index (χ3v) is 6.00. The van der Waals surface area contributed by atoms with E-state index >= 15 is 0 Å². The van der Waals surface area contributed by atoms with Crippen LogP contribution in [0.2, 0.25) is 0 Å². The monoisotopic (exact) mass is 328 g/mol. The quantitative estimate of drug-likeness (QED) is 0.904. The molecule has 4 nitrogen and oxygen atoms in total. The van der Waals surface area contributed by atoms with Gasteiger partial charge in [-0.1, -0.05) is 6.42 Å². The average Bonchev–Trinajstić information content (AvgIpc) is 2.45. The van der Waals surface area contributed by atoms with Gasteiger partial charge in [0.05, 0.1) is 4.90 Å². The Bertz CT molecular complexity index is 619. The van der Waals surface area contributed by atoms with Crippen LogP contribution in [0.5, 0.6) is 0 Å². The highest BCUT2D eigenvalue weighted by Gasteiger charge is 2.25. The Kier molecular flexibility index (Phi) is 5.58. The summed E-state index contributed by atoms with van der Waals surface area (Å²) in [6, 6.07) is 4.37. The van der Waals surface area contributed by atoms with Crippen molar-refractivity contribution in [3.8, 4) is 0 Å². The van der Waals surface area contributed by atoms with E-state index in [1.54, 1.807) is 6.92 Å². The van der Waals surface area contributed by atoms with Gasteiger partial charge >= 0.3 is 0 Å². The Labute approximate surface area is 132 Å². The molecule has 1 aliphatic heterocycles. The highest BCUT2D eigenvalue weighted by molar-refractivity contribution is 7.89. The summed E-state index contributed by atoms with van der Waals surface area (Å²) in [6.45, 7) is 7.22. The highest BCUT2D eigenvalue weighted by Crippen LogP contribution is 2.20. The smallest absolute Gasteiger partial charge is 0.240 e. The average molecular weight is 328 g/mol. The lowest BCUT2D eigenvalue weighted by Crippen LogP contribution is -2.48. The molecule has 124 valence electrons. The highest BCUT2D eigenvalue weighted by atomic mass is 32.2. The van der Waals surface area contributed by atoms with Crippen LogP contribution in [0, 0.1) is 12.7 Å². The van der Waals surface area contributed by atoms with Crippen LogP contribution in [0.1, 0.15) is 38.7 Å². The lowest BCUT2D eigenvalue weighted by Gasteiger charge is -2.38. The van der Waals surface area contributed by atoms with Gasteiger partial charge in [0.15, 0.2) is 0 Å². The van der Waals surface area contributed by atoms with E-state index in [-0.39, 0.29) is 10.9 Å². The molecule has 0 bridgehead atoms. The number of piperidine rings is 1. The lowest BCUT2D eigenvalue weighted by atomic mass is 10.0. The zero-order valence-electron chi connectivity index (χ0n) is 13.5. The van der Waals surface area contributed by atoms with E-state index in [2.05, 4.69) is 16.5 Å². The Morgan fingerprint density at radius 3 is 2.77 bits per heavy atom. The Balaban J connectivity index is 2.03. The molecule has 1 fully saturated rings. The van der Waals surface area contributed by atoms with Crippen LogP contribution >= 0.6 is 0 Å². The SMILES string of the molecule is Cc1cc(F)ccc1S(=O)(=O)NC[C@H](C)N1CCCC[C@@H]1C. The molecule has 1 heterocycles. The molecule has 0 aliphatic carbocycles. The number of sulfonamides is 1. The van der Waals surface area contributed by atoms with Crippen LogP contribution in [0.15, 0.2) is 23.1 Å². The van der Waals surface area contributed by atoms with Gasteiger partial charge in [0.25, 0.3) is 0 Å². The van der Waals surface area contributed by atoms with Gasteiger partial charge in [-0.25, -0.2) is 17.5 Å². The number of likely N-dealkylation sites (tertiary alicyclic amines) is 1. The number of hydrogen-bond donors (Lipinski definition) is 1. The molecular weight excluding hydrogens is 303 g/mol. The molecule has 0 aromatic heterocycles. The topological polar surface area (TPSA) is 49.4 Å². The van der Waals surface area contributed by atoms with Crippen LogP contribution in [-0.4, -0.2) is 38.5 Å². The van der Waals surface area contributed by atoms with E-state index in [1.165, 1.54) is 31.0 Å². The largest absolute Gasteiger partial charge is 0.297 e. The predicted molar refractivity (Wildman–Crippen MR) is 85.8 cm³/mol. The first-order chi connectivity index (χ1) is 10.3. The summed E-state index contributed by atoms with van der Waals surface area (Å²) in [7, 11) is -3.60. The van der Waals surface area contributed by atoms with Gasteiger partial charge in [0.1, 0.15) is 5.82 Å². The molecule has 0 saturated carbocycles. The number of rotatable bonds is 5. The van der Waals surface area contributed by atoms with Gasteiger partial charge < -0.3 is 0 Å². The zero-order valence-corrected chi connectivity index (χ0v) is 14.3. The fourth-order valence-corrected chi connectivity index (χ4v) is 4.46. The van der Waals surface area contributed by atoms with Crippen LogP contribution in [-0.2, 0) is 10.0 Å². The maximum absolute atomic E-state index is 13.1.